The molecule has 0 radical (unpaired) electrons. The first-order valence-corrected chi connectivity index (χ1v) is 10.3. The highest BCUT2D eigenvalue weighted by molar-refractivity contribution is 7.92. The van der Waals surface area contributed by atoms with Crippen LogP contribution in [0.1, 0.15) is 10.4 Å². The van der Waals surface area contributed by atoms with Gasteiger partial charge in [0.05, 0.1) is 16.6 Å². The molecule has 3 heterocycles. The second kappa shape index (κ2) is 5.92. The van der Waals surface area contributed by atoms with Crippen molar-refractivity contribution >= 4 is 26.6 Å². The van der Waals surface area contributed by atoms with E-state index in [1.165, 1.54) is 6.07 Å². The van der Waals surface area contributed by atoms with E-state index in [-0.39, 0.29) is 35.7 Å². The number of benzene rings is 1. The first-order valence-electron chi connectivity index (χ1n) is 8.57. The number of nitrogens with one attached hydrogen (secondary N) is 1. The standard InChI is InChI=1S/C18H21N3O4S/c1-20(2)15-10-26(24,25)16-9-21(8-13(15)16)18(23)12-7-17(22)19-14-6-4-3-5-11(12)14/h3-7,13,15-16H,8-10H2,1-2H3,(H,19,22)/t13-,15+,16-/m0/s1. The highest BCUT2D eigenvalue weighted by atomic mass is 32.2. The Morgan fingerprint density at radius 1 is 1.23 bits per heavy atom. The van der Waals surface area contributed by atoms with Crippen LogP contribution in [0.15, 0.2) is 35.1 Å². The zero-order valence-corrected chi connectivity index (χ0v) is 15.5. The fourth-order valence-electron chi connectivity index (χ4n) is 4.28. The molecule has 1 aromatic heterocycles. The molecule has 2 fully saturated rings. The van der Waals surface area contributed by atoms with E-state index in [4.69, 9.17) is 0 Å². The van der Waals surface area contributed by atoms with Gasteiger partial charge >= 0.3 is 0 Å². The van der Waals surface area contributed by atoms with Crippen LogP contribution >= 0.6 is 0 Å². The van der Waals surface area contributed by atoms with E-state index < -0.39 is 15.1 Å². The molecule has 2 aliphatic heterocycles. The van der Waals surface area contributed by atoms with Crippen molar-refractivity contribution in [3.05, 3.63) is 46.2 Å². The highest BCUT2D eigenvalue weighted by Crippen LogP contribution is 2.36. The molecule has 2 aliphatic rings. The fraction of sp³-hybridized carbons (Fsp3) is 0.444. The number of fused-ring (bicyclic) bond motifs is 2. The summed E-state index contributed by atoms with van der Waals surface area (Å²) in [5, 5.41) is 0.147. The molecular weight excluding hydrogens is 354 g/mol. The van der Waals surface area contributed by atoms with Gasteiger partial charge in [-0.25, -0.2) is 8.42 Å². The highest BCUT2D eigenvalue weighted by Gasteiger charge is 2.53. The lowest BCUT2D eigenvalue weighted by Crippen LogP contribution is -2.38. The first-order chi connectivity index (χ1) is 12.3. The SMILES string of the molecule is CN(C)[C@@H]1CS(=O)(=O)[C@H]2CN(C(=O)c3cc(=O)[nH]c4ccccc34)C[C@@H]12. The molecular formula is C18H21N3O4S. The Morgan fingerprint density at radius 3 is 2.69 bits per heavy atom. The minimum Gasteiger partial charge on any atom is -0.337 e. The van der Waals surface area contributed by atoms with Crippen molar-refractivity contribution in [2.75, 3.05) is 32.9 Å². The summed E-state index contributed by atoms with van der Waals surface area (Å²) in [5.41, 5.74) is 0.579. The Kier molecular flexibility index (Phi) is 3.92. The molecule has 0 unspecified atom stereocenters. The summed E-state index contributed by atoms with van der Waals surface area (Å²) in [6, 6.07) is 8.35. The number of pyridine rings is 1. The number of likely N-dealkylation sites (tertiary alicyclic amines) is 1. The average Bonchev–Trinajstić information content (AvgIpc) is 3.13. The van der Waals surface area contributed by atoms with Gasteiger partial charge in [0.15, 0.2) is 9.84 Å². The molecule has 1 N–H and O–H groups in total. The minimum atomic E-state index is -3.22. The smallest absolute Gasteiger partial charge is 0.254 e. The molecule has 26 heavy (non-hydrogen) atoms. The second-order valence-corrected chi connectivity index (χ2v) is 9.63. The molecule has 0 spiro atoms. The van der Waals surface area contributed by atoms with Crippen LogP contribution in [-0.4, -0.2) is 73.3 Å². The van der Waals surface area contributed by atoms with Gasteiger partial charge < -0.3 is 14.8 Å². The Balaban J connectivity index is 1.71. The largest absolute Gasteiger partial charge is 0.337 e. The summed E-state index contributed by atoms with van der Waals surface area (Å²) in [6.45, 7) is 0.587. The van der Waals surface area contributed by atoms with Crippen molar-refractivity contribution in [1.82, 2.24) is 14.8 Å². The van der Waals surface area contributed by atoms with Gasteiger partial charge in [-0.1, -0.05) is 18.2 Å². The summed E-state index contributed by atoms with van der Waals surface area (Å²) in [5.74, 6) is -0.229. The van der Waals surface area contributed by atoms with Crippen LogP contribution in [0.2, 0.25) is 0 Å². The van der Waals surface area contributed by atoms with Crippen molar-refractivity contribution < 1.29 is 13.2 Å². The summed E-state index contributed by atoms with van der Waals surface area (Å²) in [6.07, 6.45) is 0. The average molecular weight is 375 g/mol. The predicted molar refractivity (Wildman–Crippen MR) is 99.0 cm³/mol. The van der Waals surface area contributed by atoms with Gasteiger partial charge in [-0.15, -0.1) is 0 Å². The van der Waals surface area contributed by atoms with Crippen LogP contribution in [-0.2, 0) is 9.84 Å². The Bertz CT molecular complexity index is 1040. The number of aromatic amines is 1. The number of aromatic nitrogens is 1. The maximum Gasteiger partial charge on any atom is 0.254 e. The van der Waals surface area contributed by atoms with Crippen molar-refractivity contribution in [2.45, 2.75) is 11.3 Å². The topological polar surface area (TPSA) is 90.6 Å². The molecule has 7 nitrogen and oxygen atoms in total. The van der Waals surface area contributed by atoms with Gasteiger partial charge in [-0.3, -0.25) is 9.59 Å². The first kappa shape index (κ1) is 17.2. The maximum atomic E-state index is 13.1. The summed E-state index contributed by atoms with van der Waals surface area (Å²) in [7, 11) is 0.524. The van der Waals surface area contributed by atoms with Crippen LogP contribution in [0.3, 0.4) is 0 Å². The van der Waals surface area contributed by atoms with Gasteiger partial charge in [0.25, 0.3) is 5.91 Å². The maximum absolute atomic E-state index is 13.1. The van der Waals surface area contributed by atoms with Crippen molar-refractivity contribution in [1.29, 1.82) is 0 Å². The third kappa shape index (κ3) is 2.64. The molecule has 0 saturated carbocycles. The Hall–Kier alpha value is -2.19. The minimum absolute atomic E-state index is 0.0845. The quantitative estimate of drug-likeness (QED) is 0.817. The van der Waals surface area contributed by atoms with Crippen LogP contribution in [0.5, 0.6) is 0 Å². The van der Waals surface area contributed by atoms with Crippen LogP contribution in [0, 0.1) is 5.92 Å². The molecule has 8 heteroatoms. The zero-order chi connectivity index (χ0) is 18.6. The number of para-hydroxylation sites is 1. The number of carbonyl (C=O) groups excluding carboxylic acids is 1. The monoisotopic (exact) mass is 375 g/mol. The Morgan fingerprint density at radius 2 is 1.96 bits per heavy atom. The lowest BCUT2D eigenvalue weighted by molar-refractivity contribution is 0.0781. The van der Waals surface area contributed by atoms with Crippen molar-refractivity contribution in [3.63, 3.8) is 0 Å². The van der Waals surface area contributed by atoms with E-state index in [1.54, 1.807) is 23.1 Å². The normalized spacial score (nSPS) is 27.2. The molecule has 4 rings (SSSR count). The van der Waals surface area contributed by atoms with E-state index in [9.17, 15) is 18.0 Å². The molecule has 2 aromatic rings. The predicted octanol–water partition coefficient (Wildman–Crippen LogP) is 0.327. The lowest BCUT2D eigenvalue weighted by atomic mass is 10.00. The molecule has 0 aliphatic carbocycles. The van der Waals surface area contributed by atoms with Crippen LogP contribution in [0.25, 0.3) is 10.9 Å². The number of carbonyl (C=O) groups is 1. The third-order valence-corrected chi connectivity index (χ3v) is 7.83. The van der Waals surface area contributed by atoms with E-state index in [1.807, 2.05) is 25.1 Å². The van der Waals surface area contributed by atoms with Gasteiger partial charge in [-0.2, -0.15) is 0 Å². The van der Waals surface area contributed by atoms with Gasteiger partial charge in [0, 0.05) is 42.0 Å². The van der Waals surface area contributed by atoms with Gasteiger partial charge in [0.2, 0.25) is 5.56 Å². The zero-order valence-electron chi connectivity index (χ0n) is 14.7. The third-order valence-electron chi connectivity index (χ3n) is 5.60. The Labute approximate surface area is 151 Å². The molecule has 1 amide bonds. The number of nitrogens with zero attached hydrogens (tertiary/aromatic N) is 2. The summed E-state index contributed by atoms with van der Waals surface area (Å²) < 4.78 is 25.0. The number of sulfone groups is 1. The van der Waals surface area contributed by atoms with Gasteiger partial charge in [0.1, 0.15) is 0 Å². The van der Waals surface area contributed by atoms with E-state index >= 15 is 0 Å². The molecule has 2 saturated heterocycles. The van der Waals surface area contributed by atoms with Crippen LogP contribution < -0.4 is 5.56 Å². The van der Waals surface area contributed by atoms with E-state index in [0.29, 0.717) is 23.0 Å². The second-order valence-electron chi connectivity index (χ2n) is 7.37. The summed E-state index contributed by atoms with van der Waals surface area (Å²) >= 11 is 0. The summed E-state index contributed by atoms with van der Waals surface area (Å²) in [4.78, 5) is 31.3. The molecule has 1 aromatic carbocycles. The number of rotatable bonds is 2. The van der Waals surface area contributed by atoms with Crippen molar-refractivity contribution in [3.8, 4) is 0 Å². The van der Waals surface area contributed by atoms with Crippen molar-refractivity contribution in [2.24, 2.45) is 5.92 Å². The molecule has 138 valence electrons. The lowest BCUT2D eigenvalue weighted by Gasteiger charge is -2.25. The number of amides is 1. The van der Waals surface area contributed by atoms with E-state index in [2.05, 4.69) is 4.98 Å². The van der Waals surface area contributed by atoms with Gasteiger partial charge in [-0.05, 0) is 20.2 Å². The fourth-order valence-corrected chi connectivity index (χ4v) is 6.76. The number of H-pyrrole nitrogens is 1. The number of hydrogen-bond donors (Lipinski definition) is 1. The van der Waals surface area contributed by atoms with Crippen LogP contribution in [0.4, 0.5) is 0 Å². The molecule has 0 bridgehead atoms. The molecule has 3 atom stereocenters. The number of hydrogen-bond acceptors (Lipinski definition) is 5. The van der Waals surface area contributed by atoms with E-state index in [0.717, 1.165) is 0 Å².